The fourth-order valence-electron chi connectivity index (χ4n) is 4.13. The van der Waals surface area contributed by atoms with Crippen LogP contribution in [0.4, 0.5) is 0 Å². The van der Waals surface area contributed by atoms with Gasteiger partial charge in [0.15, 0.2) is 0 Å². The molecule has 0 amide bonds. The van der Waals surface area contributed by atoms with Crippen molar-refractivity contribution in [1.29, 1.82) is 0 Å². The van der Waals surface area contributed by atoms with E-state index in [-0.39, 0.29) is 18.0 Å². The summed E-state index contributed by atoms with van der Waals surface area (Å²) in [5.41, 5.74) is 0. The van der Waals surface area contributed by atoms with Crippen molar-refractivity contribution in [2.24, 2.45) is 0 Å². The molecule has 0 aromatic heterocycles. The maximum Gasteiger partial charge on any atom is 0.306 e. The van der Waals surface area contributed by atoms with E-state index in [0.717, 1.165) is 25.7 Å². The molecule has 0 radical (unpaired) electrons. The molecule has 0 aromatic rings. The molecule has 0 heterocycles. The van der Waals surface area contributed by atoms with Crippen molar-refractivity contribution in [1.82, 2.24) is 0 Å². The van der Waals surface area contributed by atoms with Gasteiger partial charge in [0.1, 0.15) is 0 Å². The molecular weight excluding hydrogens is 412 g/mol. The average molecular weight is 469 g/mol. The number of carbonyl (C=O) groups is 2. The SMILES string of the molecule is CCCCCCCCCCCCCCCCCOC(=O)CCCC(=O)OC(C)CCCCC. The molecule has 4 heteroatoms. The monoisotopic (exact) mass is 468 g/mol. The van der Waals surface area contributed by atoms with Gasteiger partial charge < -0.3 is 9.47 Å². The van der Waals surface area contributed by atoms with Gasteiger partial charge >= 0.3 is 11.9 Å². The molecule has 0 fully saturated rings. The number of unbranched alkanes of at least 4 members (excludes halogenated alkanes) is 16. The first kappa shape index (κ1) is 31.9. The van der Waals surface area contributed by atoms with Crippen LogP contribution in [0.25, 0.3) is 0 Å². The minimum atomic E-state index is -0.200. The smallest absolute Gasteiger partial charge is 0.306 e. The summed E-state index contributed by atoms with van der Waals surface area (Å²) in [6.07, 6.45) is 25.4. The van der Waals surface area contributed by atoms with Crippen LogP contribution in [0.2, 0.25) is 0 Å². The molecule has 0 spiro atoms. The molecule has 1 atom stereocenters. The summed E-state index contributed by atoms with van der Waals surface area (Å²) < 4.78 is 10.7. The highest BCUT2D eigenvalue weighted by Crippen LogP contribution is 2.13. The Morgan fingerprint density at radius 2 is 0.970 bits per heavy atom. The molecule has 196 valence electrons. The molecule has 1 unspecified atom stereocenters. The van der Waals surface area contributed by atoms with Crippen LogP contribution in [0.15, 0.2) is 0 Å². The first-order valence-electron chi connectivity index (χ1n) is 14.4. The van der Waals surface area contributed by atoms with Gasteiger partial charge in [-0.3, -0.25) is 9.59 Å². The van der Waals surface area contributed by atoms with E-state index in [1.807, 2.05) is 6.92 Å². The second-order valence-electron chi connectivity index (χ2n) is 9.82. The molecule has 0 aromatic carbocycles. The van der Waals surface area contributed by atoms with Crippen molar-refractivity contribution < 1.29 is 19.1 Å². The quantitative estimate of drug-likeness (QED) is 0.0990. The number of ether oxygens (including phenoxy) is 2. The Morgan fingerprint density at radius 1 is 0.545 bits per heavy atom. The molecule has 0 saturated carbocycles. The molecule has 0 bridgehead atoms. The van der Waals surface area contributed by atoms with Crippen LogP contribution >= 0.6 is 0 Å². The minimum absolute atomic E-state index is 0.0268. The van der Waals surface area contributed by atoms with Gasteiger partial charge in [0, 0.05) is 12.8 Å². The van der Waals surface area contributed by atoms with Crippen molar-refractivity contribution in [3.8, 4) is 0 Å². The van der Waals surface area contributed by atoms with Crippen LogP contribution in [0.5, 0.6) is 0 Å². The Hall–Kier alpha value is -1.06. The van der Waals surface area contributed by atoms with Gasteiger partial charge in [0.25, 0.3) is 0 Å². The highest BCUT2D eigenvalue weighted by atomic mass is 16.5. The Balaban J connectivity index is 3.32. The number of hydrogen-bond donors (Lipinski definition) is 0. The summed E-state index contributed by atoms with van der Waals surface area (Å²) in [5, 5.41) is 0. The van der Waals surface area contributed by atoms with Crippen LogP contribution in [-0.2, 0) is 19.1 Å². The zero-order valence-electron chi connectivity index (χ0n) is 22.5. The number of esters is 2. The molecular formula is C29H56O4. The fourth-order valence-corrected chi connectivity index (χ4v) is 4.13. The largest absolute Gasteiger partial charge is 0.466 e. The van der Waals surface area contributed by atoms with Gasteiger partial charge in [-0.25, -0.2) is 0 Å². The molecule has 0 N–H and O–H groups in total. The van der Waals surface area contributed by atoms with Crippen LogP contribution in [-0.4, -0.2) is 24.6 Å². The maximum atomic E-state index is 11.8. The van der Waals surface area contributed by atoms with E-state index in [1.165, 1.54) is 96.3 Å². The summed E-state index contributed by atoms with van der Waals surface area (Å²) in [6.45, 7) is 6.89. The minimum Gasteiger partial charge on any atom is -0.466 e. The van der Waals surface area contributed by atoms with Gasteiger partial charge in [-0.15, -0.1) is 0 Å². The number of rotatable bonds is 25. The van der Waals surface area contributed by atoms with E-state index in [1.54, 1.807) is 0 Å². The molecule has 0 rings (SSSR count). The second-order valence-corrected chi connectivity index (χ2v) is 9.82. The lowest BCUT2D eigenvalue weighted by Gasteiger charge is -2.12. The lowest BCUT2D eigenvalue weighted by molar-refractivity contribution is -0.149. The maximum absolute atomic E-state index is 11.8. The third-order valence-electron chi connectivity index (χ3n) is 6.32. The van der Waals surface area contributed by atoms with Crippen molar-refractivity contribution in [3.63, 3.8) is 0 Å². The van der Waals surface area contributed by atoms with E-state index < -0.39 is 0 Å². The van der Waals surface area contributed by atoms with Gasteiger partial charge in [-0.2, -0.15) is 0 Å². The second kappa shape index (κ2) is 25.6. The van der Waals surface area contributed by atoms with E-state index in [4.69, 9.17) is 9.47 Å². The Kier molecular flexibility index (Phi) is 24.7. The Morgan fingerprint density at radius 3 is 1.48 bits per heavy atom. The summed E-state index contributed by atoms with van der Waals surface area (Å²) in [6, 6.07) is 0. The lowest BCUT2D eigenvalue weighted by atomic mass is 10.0. The van der Waals surface area contributed by atoms with Crippen molar-refractivity contribution in [2.75, 3.05) is 6.61 Å². The average Bonchev–Trinajstić information content (AvgIpc) is 2.79. The lowest BCUT2D eigenvalue weighted by Crippen LogP contribution is -2.15. The summed E-state index contributed by atoms with van der Waals surface area (Å²) in [7, 11) is 0. The molecule has 33 heavy (non-hydrogen) atoms. The Labute approximate surface area is 206 Å². The van der Waals surface area contributed by atoms with Crippen molar-refractivity contribution >= 4 is 11.9 Å². The predicted molar refractivity (Wildman–Crippen MR) is 139 cm³/mol. The van der Waals surface area contributed by atoms with E-state index in [0.29, 0.717) is 25.9 Å². The Bertz CT molecular complexity index is 435. The highest BCUT2D eigenvalue weighted by Gasteiger charge is 2.11. The zero-order chi connectivity index (χ0) is 24.4. The molecule has 0 saturated heterocycles. The zero-order valence-corrected chi connectivity index (χ0v) is 22.5. The van der Waals surface area contributed by atoms with Crippen molar-refractivity contribution in [2.45, 2.75) is 168 Å². The van der Waals surface area contributed by atoms with Gasteiger partial charge in [-0.05, 0) is 32.6 Å². The third kappa shape index (κ3) is 25.4. The number of hydrogen-bond acceptors (Lipinski definition) is 4. The topological polar surface area (TPSA) is 52.6 Å². The molecule has 0 aliphatic carbocycles. The van der Waals surface area contributed by atoms with E-state index >= 15 is 0 Å². The summed E-state index contributed by atoms with van der Waals surface area (Å²) in [4.78, 5) is 23.6. The van der Waals surface area contributed by atoms with Crippen molar-refractivity contribution in [3.05, 3.63) is 0 Å². The molecule has 0 aliphatic heterocycles. The highest BCUT2D eigenvalue weighted by molar-refractivity contribution is 5.72. The normalized spacial score (nSPS) is 12.0. The van der Waals surface area contributed by atoms with Gasteiger partial charge in [0.05, 0.1) is 12.7 Å². The van der Waals surface area contributed by atoms with Crippen LogP contribution in [0.3, 0.4) is 0 Å². The van der Waals surface area contributed by atoms with Crippen LogP contribution in [0.1, 0.15) is 162 Å². The molecule has 4 nitrogen and oxygen atoms in total. The fraction of sp³-hybridized carbons (Fsp3) is 0.931. The van der Waals surface area contributed by atoms with Crippen LogP contribution < -0.4 is 0 Å². The third-order valence-corrected chi connectivity index (χ3v) is 6.32. The van der Waals surface area contributed by atoms with Gasteiger partial charge in [0.2, 0.25) is 0 Å². The van der Waals surface area contributed by atoms with E-state index in [9.17, 15) is 9.59 Å². The molecule has 0 aliphatic rings. The first-order chi connectivity index (χ1) is 16.1. The first-order valence-corrected chi connectivity index (χ1v) is 14.4. The van der Waals surface area contributed by atoms with Gasteiger partial charge in [-0.1, -0.05) is 117 Å². The van der Waals surface area contributed by atoms with E-state index in [2.05, 4.69) is 13.8 Å². The number of carbonyl (C=O) groups excluding carboxylic acids is 2. The summed E-state index contributed by atoms with van der Waals surface area (Å²) >= 11 is 0. The standard InChI is InChI=1S/C29H56O4/c1-4-6-8-9-10-11-12-13-14-15-16-17-18-19-21-26-32-28(30)24-22-25-29(31)33-27(3)23-20-7-5-2/h27H,4-26H2,1-3H3. The van der Waals surface area contributed by atoms with Crippen LogP contribution in [0, 0.1) is 0 Å². The summed E-state index contributed by atoms with van der Waals surface area (Å²) in [5.74, 6) is -0.390. The predicted octanol–water partition coefficient (Wildman–Crippen LogP) is 9.08.